The summed E-state index contributed by atoms with van der Waals surface area (Å²) in [5.74, 6) is 1.03. The van der Waals surface area contributed by atoms with Gasteiger partial charge in [-0.05, 0) is 80.8 Å². The molecule has 38 heavy (non-hydrogen) atoms. The Balaban J connectivity index is 1.27. The maximum atomic E-state index is 5.45. The average Bonchev–Trinajstić information content (AvgIpc) is 3.71. The molecular formula is C32H18N4O2. The highest BCUT2D eigenvalue weighted by Gasteiger charge is 2.14. The Labute approximate surface area is 216 Å². The fraction of sp³-hybridized carbons (Fsp3) is 0. The minimum atomic E-state index is 0.515. The monoisotopic (exact) mass is 490 g/mol. The van der Waals surface area contributed by atoms with Crippen LogP contribution in [0.15, 0.2) is 119 Å². The minimum absolute atomic E-state index is 0.515. The minimum Gasteiger partial charge on any atom is -0.443 e. The molecule has 0 N–H and O–H groups in total. The summed E-state index contributed by atoms with van der Waals surface area (Å²) in [6.45, 7) is 0. The molecule has 0 saturated heterocycles. The van der Waals surface area contributed by atoms with E-state index >= 15 is 0 Å². The molecule has 4 heterocycles. The Hall–Kier alpha value is -5.36. The third kappa shape index (κ3) is 3.28. The van der Waals surface area contributed by atoms with E-state index in [1.54, 1.807) is 24.9 Å². The number of rotatable bonds is 4. The normalized spacial score (nSPS) is 11.7. The average molecular weight is 491 g/mol. The van der Waals surface area contributed by atoms with E-state index in [0.717, 1.165) is 22.5 Å². The summed E-state index contributed by atoms with van der Waals surface area (Å²) < 4.78 is 10.9. The molecule has 0 saturated carbocycles. The van der Waals surface area contributed by atoms with Crippen LogP contribution >= 0.6 is 0 Å². The van der Waals surface area contributed by atoms with Gasteiger partial charge in [-0.25, -0.2) is 19.9 Å². The third-order valence-corrected chi connectivity index (χ3v) is 6.93. The molecule has 0 aliphatic rings. The van der Waals surface area contributed by atoms with Crippen molar-refractivity contribution in [3.63, 3.8) is 0 Å². The molecule has 0 aliphatic heterocycles. The molecule has 0 atom stereocenters. The summed E-state index contributed by atoms with van der Waals surface area (Å²) in [5.41, 5.74) is 5.29. The number of aromatic nitrogens is 4. The van der Waals surface area contributed by atoms with Crippen LogP contribution in [0.3, 0.4) is 0 Å². The van der Waals surface area contributed by atoms with Crippen LogP contribution in [0.4, 0.5) is 0 Å². The molecular weight excluding hydrogens is 472 g/mol. The molecule has 178 valence electrons. The van der Waals surface area contributed by atoms with Crippen molar-refractivity contribution in [1.29, 1.82) is 0 Å². The maximum Gasteiger partial charge on any atom is 0.245 e. The highest BCUT2D eigenvalue weighted by Crippen LogP contribution is 2.39. The second kappa shape index (κ2) is 8.08. The van der Waals surface area contributed by atoms with Crippen molar-refractivity contribution >= 4 is 32.3 Å². The second-order valence-corrected chi connectivity index (χ2v) is 9.22. The summed E-state index contributed by atoms with van der Waals surface area (Å²) in [6.07, 6.45) is 6.38. The van der Waals surface area contributed by atoms with Gasteiger partial charge in [-0.15, -0.1) is 0 Å². The van der Waals surface area contributed by atoms with Gasteiger partial charge in [-0.1, -0.05) is 36.4 Å². The number of hydrogen-bond donors (Lipinski definition) is 0. The van der Waals surface area contributed by atoms with Crippen LogP contribution in [0.1, 0.15) is 0 Å². The summed E-state index contributed by atoms with van der Waals surface area (Å²) >= 11 is 0. The number of pyridine rings is 2. The summed E-state index contributed by atoms with van der Waals surface area (Å²) in [5, 5.41) is 7.21. The van der Waals surface area contributed by atoms with Gasteiger partial charge in [-0.3, -0.25) is 0 Å². The zero-order valence-electron chi connectivity index (χ0n) is 20.0. The van der Waals surface area contributed by atoms with Crippen LogP contribution in [0.25, 0.3) is 78.0 Å². The predicted molar refractivity (Wildman–Crippen MR) is 148 cm³/mol. The Kier molecular flexibility index (Phi) is 4.42. The summed E-state index contributed by atoms with van der Waals surface area (Å²) in [6, 6.07) is 29.4. The molecule has 0 spiro atoms. The Morgan fingerprint density at radius 1 is 0.447 bits per heavy atom. The van der Waals surface area contributed by atoms with E-state index in [2.05, 4.69) is 58.5 Å². The van der Waals surface area contributed by atoms with Gasteiger partial charge in [0.1, 0.15) is 23.9 Å². The molecule has 4 aromatic heterocycles. The van der Waals surface area contributed by atoms with Gasteiger partial charge in [-0.2, -0.15) is 0 Å². The summed E-state index contributed by atoms with van der Waals surface area (Å²) in [4.78, 5) is 18.1. The lowest BCUT2D eigenvalue weighted by Crippen LogP contribution is -1.91. The van der Waals surface area contributed by atoms with E-state index in [0.29, 0.717) is 23.2 Å². The van der Waals surface area contributed by atoms with Crippen molar-refractivity contribution in [2.24, 2.45) is 0 Å². The van der Waals surface area contributed by atoms with Crippen LogP contribution < -0.4 is 0 Å². The van der Waals surface area contributed by atoms with E-state index in [4.69, 9.17) is 18.8 Å². The lowest BCUT2D eigenvalue weighted by molar-refractivity contribution is 0.572. The highest BCUT2D eigenvalue weighted by atomic mass is 16.3. The molecule has 0 fully saturated rings. The lowest BCUT2D eigenvalue weighted by atomic mass is 9.90. The second-order valence-electron chi connectivity index (χ2n) is 9.22. The van der Waals surface area contributed by atoms with Gasteiger partial charge in [0, 0.05) is 11.1 Å². The SMILES string of the molecule is c1cc(-c2cc3ccc4cc(-c5cccc(-c6ncco6)n5)cc5ccc(c2)c3c45)nc(-c2ncco2)c1. The van der Waals surface area contributed by atoms with Crippen molar-refractivity contribution < 1.29 is 8.83 Å². The van der Waals surface area contributed by atoms with Gasteiger partial charge in [0.25, 0.3) is 0 Å². The van der Waals surface area contributed by atoms with Crippen LogP contribution in [0, 0.1) is 0 Å². The number of oxazole rings is 2. The Bertz CT molecular complexity index is 1860. The maximum absolute atomic E-state index is 5.45. The molecule has 0 amide bonds. The molecule has 0 bridgehead atoms. The fourth-order valence-electron chi connectivity index (χ4n) is 5.26. The lowest BCUT2D eigenvalue weighted by Gasteiger charge is -2.14. The highest BCUT2D eigenvalue weighted by molar-refractivity contribution is 6.24. The van der Waals surface area contributed by atoms with E-state index in [1.165, 1.54) is 32.3 Å². The zero-order valence-corrected chi connectivity index (χ0v) is 20.0. The van der Waals surface area contributed by atoms with E-state index in [9.17, 15) is 0 Å². The Morgan fingerprint density at radius 2 is 0.842 bits per heavy atom. The largest absolute Gasteiger partial charge is 0.443 e. The first kappa shape index (κ1) is 20.8. The van der Waals surface area contributed by atoms with Crippen molar-refractivity contribution in [3.8, 4) is 45.7 Å². The molecule has 6 nitrogen and oxygen atoms in total. The molecule has 8 rings (SSSR count). The van der Waals surface area contributed by atoms with Crippen LogP contribution in [-0.4, -0.2) is 19.9 Å². The van der Waals surface area contributed by atoms with Crippen LogP contribution in [0.5, 0.6) is 0 Å². The molecule has 6 heteroatoms. The third-order valence-electron chi connectivity index (χ3n) is 6.93. The van der Waals surface area contributed by atoms with Gasteiger partial charge >= 0.3 is 0 Å². The van der Waals surface area contributed by atoms with Crippen molar-refractivity contribution in [2.75, 3.05) is 0 Å². The first-order valence-corrected chi connectivity index (χ1v) is 12.3. The van der Waals surface area contributed by atoms with E-state index in [1.807, 2.05) is 36.4 Å². The number of nitrogens with zero attached hydrogens (tertiary/aromatic N) is 4. The summed E-state index contributed by atoms with van der Waals surface area (Å²) in [7, 11) is 0. The van der Waals surface area contributed by atoms with E-state index < -0.39 is 0 Å². The molecule has 4 aromatic carbocycles. The standard InChI is InChI=1S/C32H18N4O2/c1-3-25(35-27(5-1)31-33-11-13-37-31)23-15-19-7-9-21-17-24(18-22-10-8-20(16-23)29(19)30(21)22)26-4-2-6-28(36-26)32-34-12-14-38-32/h1-18H. The van der Waals surface area contributed by atoms with Crippen molar-refractivity contribution in [2.45, 2.75) is 0 Å². The van der Waals surface area contributed by atoms with Gasteiger partial charge < -0.3 is 8.83 Å². The topological polar surface area (TPSA) is 77.8 Å². The van der Waals surface area contributed by atoms with Gasteiger partial charge in [0.2, 0.25) is 11.8 Å². The van der Waals surface area contributed by atoms with Crippen molar-refractivity contribution in [3.05, 3.63) is 110 Å². The number of hydrogen-bond acceptors (Lipinski definition) is 6. The molecule has 0 unspecified atom stereocenters. The zero-order chi connectivity index (χ0) is 25.1. The van der Waals surface area contributed by atoms with Crippen LogP contribution in [-0.2, 0) is 0 Å². The number of benzene rings is 4. The fourth-order valence-corrected chi connectivity index (χ4v) is 5.26. The quantitative estimate of drug-likeness (QED) is 0.233. The van der Waals surface area contributed by atoms with Crippen LogP contribution in [0.2, 0.25) is 0 Å². The van der Waals surface area contributed by atoms with E-state index in [-0.39, 0.29) is 0 Å². The first-order valence-electron chi connectivity index (χ1n) is 12.3. The van der Waals surface area contributed by atoms with Gasteiger partial charge in [0.05, 0.1) is 23.8 Å². The smallest absolute Gasteiger partial charge is 0.245 e. The Morgan fingerprint density at radius 3 is 1.21 bits per heavy atom. The molecule has 0 radical (unpaired) electrons. The first-order chi connectivity index (χ1) is 18.8. The van der Waals surface area contributed by atoms with Crippen molar-refractivity contribution in [1.82, 2.24) is 19.9 Å². The molecule has 8 aromatic rings. The predicted octanol–water partition coefficient (Wildman–Crippen LogP) is 8.02. The molecule has 0 aliphatic carbocycles. The van der Waals surface area contributed by atoms with Gasteiger partial charge in [0.15, 0.2) is 0 Å².